The summed E-state index contributed by atoms with van der Waals surface area (Å²) in [6.45, 7) is 3.04. The van der Waals surface area contributed by atoms with E-state index in [-0.39, 0.29) is 22.0 Å². The van der Waals surface area contributed by atoms with Gasteiger partial charge in [-0.15, -0.1) is 0 Å². The highest BCUT2D eigenvalue weighted by Gasteiger charge is 2.34. The van der Waals surface area contributed by atoms with Crippen LogP contribution in [0.3, 0.4) is 0 Å². The number of hydrogen-bond acceptors (Lipinski definition) is 6. The minimum absolute atomic E-state index is 0.147. The van der Waals surface area contributed by atoms with Gasteiger partial charge in [-0.25, -0.2) is 5.43 Å². The van der Waals surface area contributed by atoms with Crippen molar-refractivity contribution in [3.8, 4) is 11.5 Å². The minimum Gasteiger partial charge on any atom is -0.493 e. The van der Waals surface area contributed by atoms with E-state index in [4.69, 9.17) is 9.47 Å². The van der Waals surface area contributed by atoms with Crippen molar-refractivity contribution in [1.29, 1.82) is 0 Å². The molecule has 0 unspecified atom stereocenters. The van der Waals surface area contributed by atoms with Crippen molar-refractivity contribution >= 4 is 45.6 Å². The maximum atomic E-state index is 13.2. The molecule has 2 rings (SSSR count). The van der Waals surface area contributed by atoms with Crippen molar-refractivity contribution in [3.63, 3.8) is 0 Å². The fraction of sp³-hybridized carbons (Fsp3) is 0.304. The third-order valence-electron chi connectivity index (χ3n) is 4.68. The Morgan fingerprint density at radius 3 is 2.47 bits per heavy atom. The lowest BCUT2D eigenvalue weighted by Gasteiger charge is -2.15. The van der Waals surface area contributed by atoms with E-state index < -0.39 is 41.8 Å². The summed E-state index contributed by atoms with van der Waals surface area (Å²) in [6, 6.07) is 7.67. The number of nitrogens with zero attached hydrogens (tertiary/aromatic N) is 1. The molecule has 0 saturated heterocycles. The van der Waals surface area contributed by atoms with Crippen molar-refractivity contribution in [2.24, 2.45) is 5.10 Å². The van der Waals surface area contributed by atoms with Crippen molar-refractivity contribution in [2.75, 3.05) is 19.0 Å². The smallest absolute Gasteiger partial charge is 0.418 e. The molecule has 0 aliphatic heterocycles. The Bertz CT molecular complexity index is 1140. The van der Waals surface area contributed by atoms with Crippen LogP contribution in [0.15, 0.2) is 46.0 Å². The minimum atomic E-state index is -4.66. The van der Waals surface area contributed by atoms with Gasteiger partial charge in [0, 0.05) is 10.5 Å². The molecule has 2 aromatic rings. The summed E-state index contributed by atoms with van der Waals surface area (Å²) in [7, 11) is 1.35. The van der Waals surface area contributed by atoms with Crippen molar-refractivity contribution in [2.45, 2.75) is 32.5 Å². The van der Waals surface area contributed by atoms with Gasteiger partial charge in [0.1, 0.15) is 0 Å². The molecule has 0 fully saturated rings. The monoisotopic (exact) mass is 572 g/mol. The zero-order valence-corrected chi connectivity index (χ0v) is 21.1. The highest BCUT2D eigenvalue weighted by Crippen LogP contribution is 2.36. The molecule has 9 nitrogen and oxygen atoms in total. The second-order valence-corrected chi connectivity index (χ2v) is 8.33. The second-order valence-electron chi connectivity index (χ2n) is 7.42. The fourth-order valence-corrected chi connectivity index (χ4v) is 3.04. The van der Waals surface area contributed by atoms with Crippen LogP contribution in [0, 0.1) is 0 Å². The number of benzene rings is 2. The first-order chi connectivity index (χ1) is 16.9. The van der Waals surface area contributed by atoms with Crippen molar-refractivity contribution in [1.82, 2.24) is 10.7 Å². The molecule has 2 aromatic carbocycles. The van der Waals surface area contributed by atoms with Crippen molar-refractivity contribution < 1.29 is 37.0 Å². The number of amides is 3. The Morgan fingerprint density at radius 1 is 1.11 bits per heavy atom. The highest BCUT2D eigenvalue weighted by atomic mass is 79.9. The van der Waals surface area contributed by atoms with E-state index in [0.717, 1.165) is 12.1 Å². The second kappa shape index (κ2) is 12.9. The largest absolute Gasteiger partial charge is 0.493 e. The zero-order chi connectivity index (χ0) is 26.9. The number of carbonyl (C=O) groups is 3. The quantitative estimate of drug-likeness (QED) is 0.239. The summed E-state index contributed by atoms with van der Waals surface area (Å²) < 4.78 is 50.5. The Balaban J connectivity index is 1.99. The van der Waals surface area contributed by atoms with Gasteiger partial charge in [0.25, 0.3) is 5.91 Å². The van der Waals surface area contributed by atoms with Gasteiger partial charge in [-0.1, -0.05) is 22.9 Å². The maximum Gasteiger partial charge on any atom is 0.418 e. The number of methoxy groups -OCH3 is 1. The van der Waals surface area contributed by atoms with Crippen LogP contribution < -0.4 is 25.5 Å². The molecular weight excluding hydrogens is 549 g/mol. The molecular formula is C23H24BrF3N4O5. The predicted molar refractivity (Wildman–Crippen MR) is 130 cm³/mol. The van der Waals surface area contributed by atoms with Gasteiger partial charge in [0.05, 0.1) is 24.6 Å². The molecule has 3 amide bonds. The van der Waals surface area contributed by atoms with E-state index in [9.17, 15) is 27.6 Å². The first-order valence-corrected chi connectivity index (χ1v) is 11.3. The summed E-state index contributed by atoms with van der Waals surface area (Å²) >= 11 is 2.98. The average Bonchev–Trinajstić information content (AvgIpc) is 2.83. The summed E-state index contributed by atoms with van der Waals surface area (Å²) in [4.78, 5) is 35.7. The molecule has 0 bridgehead atoms. The van der Waals surface area contributed by atoms with Crippen LogP contribution in [-0.2, 0) is 20.6 Å². The van der Waals surface area contributed by atoms with Gasteiger partial charge >= 0.3 is 18.0 Å². The number of anilines is 1. The molecule has 0 spiro atoms. The van der Waals surface area contributed by atoms with Gasteiger partial charge in [0.15, 0.2) is 18.1 Å². The normalized spacial score (nSPS) is 12.1. The Hall–Kier alpha value is -3.61. The van der Waals surface area contributed by atoms with E-state index in [1.54, 1.807) is 6.92 Å². The average molecular weight is 573 g/mol. The Morgan fingerprint density at radius 2 is 1.83 bits per heavy atom. The van der Waals surface area contributed by atoms with Crippen LogP contribution in [0.4, 0.5) is 18.9 Å². The van der Waals surface area contributed by atoms with Crippen LogP contribution in [0.2, 0.25) is 0 Å². The summed E-state index contributed by atoms with van der Waals surface area (Å²) in [5.74, 6) is -2.20. The number of hydrazone groups is 1. The third kappa shape index (κ3) is 8.56. The molecule has 0 aromatic heterocycles. The molecule has 13 heteroatoms. The van der Waals surface area contributed by atoms with Gasteiger partial charge < -0.3 is 20.1 Å². The Kier molecular flexibility index (Phi) is 10.3. The van der Waals surface area contributed by atoms with Crippen LogP contribution in [0.5, 0.6) is 11.5 Å². The van der Waals surface area contributed by atoms with Crippen LogP contribution in [0.1, 0.15) is 31.4 Å². The van der Waals surface area contributed by atoms with Gasteiger partial charge in [-0.3, -0.25) is 14.4 Å². The van der Waals surface area contributed by atoms with Crippen LogP contribution in [0.25, 0.3) is 0 Å². The number of carbonyl (C=O) groups excluding carboxylic acids is 3. The summed E-state index contributed by atoms with van der Waals surface area (Å²) in [5, 5.41) is 8.40. The third-order valence-corrected chi connectivity index (χ3v) is 5.18. The molecule has 194 valence electrons. The molecule has 0 aliphatic carbocycles. The van der Waals surface area contributed by atoms with E-state index in [0.29, 0.717) is 12.0 Å². The molecule has 3 N–H and O–H groups in total. The molecule has 0 aliphatic rings. The SMILES string of the molecule is CC[C@@H](C)NC(=O)C(=O)N/N=C\c1ccc(OCC(=O)Nc2ccc(Br)cc2C(F)(F)F)c(OC)c1. The number of ether oxygens (including phenoxy) is 2. The number of nitrogens with one attached hydrogen (secondary N) is 3. The Labute approximate surface area is 213 Å². The number of hydrogen-bond donors (Lipinski definition) is 3. The molecule has 1 atom stereocenters. The van der Waals surface area contributed by atoms with E-state index in [1.165, 1.54) is 37.6 Å². The maximum absolute atomic E-state index is 13.2. The first-order valence-electron chi connectivity index (χ1n) is 10.6. The van der Waals surface area contributed by atoms with E-state index in [1.807, 2.05) is 6.92 Å². The fourth-order valence-electron chi connectivity index (χ4n) is 2.68. The zero-order valence-electron chi connectivity index (χ0n) is 19.5. The van der Waals surface area contributed by atoms with Crippen molar-refractivity contribution in [3.05, 3.63) is 52.0 Å². The highest BCUT2D eigenvalue weighted by molar-refractivity contribution is 9.10. The van der Waals surface area contributed by atoms with Gasteiger partial charge in [-0.05, 0) is 55.3 Å². The lowest BCUT2D eigenvalue weighted by atomic mass is 10.1. The topological polar surface area (TPSA) is 118 Å². The predicted octanol–water partition coefficient (Wildman–Crippen LogP) is 3.86. The van der Waals surface area contributed by atoms with Crippen LogP contribution in [-0.4, -0.2) is 43.7 Å². The van der Waals surface area contributed by atoms with Gasteiger partial charge in [0.2, 0.25) is 0 Å². The van der Waals surface area contributed by atoms with E-state index in [2.05, 4.69) is 37.1 Å². The summed E-state index contributed by atoms with van der Waals surface area (Å²) in [6.07, 6.45) is -2.73. The first kappa shape index (κ1) is 28.6. The standard InChI is InChI=1S/C23H24BrF3N4O5/c1-4-13(2)29-21(33)22(34)31-28-11-14-5-8-18(19(9-14)35-3)36-12-20(32)30-17-7-6-15(24)10-16(17)23(25,26)27/h5-11,13H,4,12H2,1-3H3,(H,29,33)(H,30,32)(H,31,34)/b28-11-/t13-/m1/s1. The molecule has 36 heavy (non-hydrogen) atoms. The summed E-state index contributed by atoms with van der Waals surface area (Å²) in [5.41, 5.74) is 1.16. The number of halogens is 4. The molecule has 0 heterocycles. The number of rotatable bonds is 9. The molecule has 0 radical (unpaired) electrons. The number of alkyl halides is 3. The van der Waals surface area contributed by atoms with Gasteiger partial charge in [-0.2, -0.15) is 18.3 Å². The lowest BCUT2D eigenvalue weighted by Crippen LogP contribution is -2.41. The van der Waals surface area contributed by atoms with E-state index >= 15 is 0 Å². The molecule has 0 saturated carbocycles. The lowest BCUT2D eigenvalue weighted by molar-refractivity contribution is -0.139. The van der Waals surface area contributed by atoms with Crippen LogP contribution >= 0.6 is 15.9 Å².